The molecule has 1 aromatic heterocycles. The number of carbonyl (C=O) groups is 2. The van der Waals surface area contributed by atoms with Crippen molar-refractivity contribution in [1.82, 2.24) is 15.2 Å². The largest absolute Gasteiger partial charge is 0.389 e. The summed E-state index contributed by atoms with van der Waals surface area (Å²) in [5, 5.41) is 6.34. The number of amides is 2. The number of H-pyrrole nitrogens is 1. The molecule has 0 spiro atoms. The highest BCUT2D eigenvalue weighted by Gasteiger charge is 2.31. The van der Waals surface area contributed by atoms with Gasteiger partial charge in [-0.1, -0.05) is 24.3 Å². The lowest BCUT2D eigenvalue weighted by Gasteiger charge is -2.19. The monoisotopic (exact) mass is 510 g/mol. The van der Waals surface area contributed by atoms with Crippen molar-refractivity contribution in [3.05, 3.63) is 88.3 Å². The first-order valence-electron chi connectivity index (χ1n) is 13.3. The van der Waals surface area contributed by atoms with Crippen LogP contribution in [0.15, 0.2) is 54.4 Å². The average molecular weight is 511 g/mol. The molecule has 0 atom stereocenters. The van der Waals surface area contributed by atoms with Crippen molar-refractivity contribution < 1.29 is 14.0 Å². The summed E-state index contributed by atoms with van der Waals surface area (Å²) in [6, 6.07) is 12.0. The van der Waals surface area contributed by atoms with Crippen LogP contribution in [-0.2, 0) is 4.79 Å². The first-order valence-corrected chi connectivity index (χ1v) is 13.3. The number of aromatic amines is 1. The second-order valence-electron chi connectivity index (χ2n) is 10.5. The highest BCUT2D eigenvalue weighted by atomic mass is 19.1. The van der Waals surface area contributed by atoms with Gasteiger partial charge in [-0.15, -0.1) is 0 Å². The van der Waals surface area contributed by atoms with Crippen LogP contribution in [-0.4, -0.2) is 34.8 Å². The molecule has 1 saturated carbocycles. The lowest BCUT2D eigenvalue weighted by Crippen LogP contribution is -2.28. The molecule has 3 N–H and O–H groups in total. The van der Waals surface area contributed by atoms with Gasteiger partial charge in [-0.2, -0.15) is 0 Å². The van der Waals surface area contributed by atoms with Crippen molar-refractivity contribution in [3.63, 3.8) is 0 Å². The van der Waals surface area contributed by atoms with Gasteiger partial charge >= 0.3 is 0 Å². The Balaban J connectivity index is 1.34. The van der Waals surface area contributed by atoms with E-state index in [2.05, 4.69) is 15.6 Å². The number of rotatable bonds is 6. The van der Waals surface area contributed by atoms with E-state index >= 15 is 0 Å². The molecule has 6 rings (SSSR count). The molecule has 2 aromatic carbocycles. The fraction of sp³-hybridized carbons (Fsp3) is 0.290. The molecule has 194 valence electrons. The van der Waals surface area contributed by atoms with Crippen LogP contribution in [0.4, 0.5) is 10.1 Å². The second-order valence-corrected chi connectivity index (χ2v) is 10.5. The van der Waals surface area contributed by atoms with Gasteiger partial charge < -0.3 is 20.5 Å². The Kier molecular flexibility index (Phi) is 6.14. The molecule has 3 aromatic rings. The number of aromatic nitrogens is 1. The minimum Gasteiger partial charge on any atom is -0.389 e. The smallest absolute Gasteiger partial charge is 0.260 e. The van der Waals surface area contributed by atoms with E-state index in [9.17, 15) is 14.0 Å². The highest BCUT2D eigenvalue weighted by Crippen LogP contribution is 2.41. The zero-order valence-electron chi connectivity index (χ0n) is 21.7. The van der Waals surface area contributed by atoms with Gasteiger partial charge in [0.25, 0.3) is 11.8 Å². The number of fused-ring (bicyclic) bond motifs is 1. The number of benzene rings is 2. The Morgan fingerprint density at radius 3 is 2.79 bits per heavy atom. The molecule has 2 aliphatic heterocycles. The second kappa shape index (κ2) is 9.63. The van der Waals surface area contributed by atoms with Crippen LogP contribution in [0.2, 0.25) is 0 Å². The van der Waals surface area contributed by atoms with E-state index in [4.69, 9.17) is 0 Å². The Hall–Kier alpha value is -4.13. The zero-order chi connectivity index (χ0) is 26.4. The Bertz CT molecular complexity index is 1510. The third-order valence-electron chi connectivity index (χ3n) is 7.72. The Morgan fingerprint density at radius 1 is 1.18 bits per heavy atom. The van der Waals surface area contributed by atoms with Gasteiger partial charge in [0.1, 0.15) is 5.82 Å². The summed E-state index contributed by atoms with van der Waals surface area (Å²) in [6.45, 7) is 5.48. The summed E-state index contributed by atoms with van der Waals surface area (Å²) >= 11 is 0. The van der Waals surface area contributed by atoms with Crippen molar-refractivity contribution in [1.29, 1.82) is 0 Å². The predicted molar refractivity (Wildman–Crippen MR) is 148 cm³/mol. The first-order chi connectivity index (χ1) is 18.4. The molecule has 3 aliphatic rings. The number of nitrogens with zero attached hydrogens (tertiary/aromatic N) is 1. The van der Waals surface area contributed by atoms with Gasteiger partial charge in [-0.25, -0.2) is 4.39 Å². The van der Waals surface area contributed by atoms with E-state index < -0.39 is 0 Å². The number of hydrogen-bond donors (Lipinski definition) is 3. The SMILES string of the molecule is Cc1[nH]c(/C=C2\C(=O)Nc3cccc(-c4cccc(F)c4)c32)c(C)c1C(=O)N1CCC/C1=C\NCC1CC1. The molecule has 2 amide bonds. The number of likely N-dealkylation sites (tertiary alicyclic amines) is 1. The summed E-state index contributed by atoms with van der Waals surface area (Å²) in [7, 11) is 0. The number of hydrogen-bond acceptors (Lipinski definition) is 3. The summed E-state index contributed by atoms with van der Waals surface area (Å²) in [5.41, 5.74) is 7.33. The van der Waals surface area contributed by atoms with Crippen molar-refractivity contribution in [2.75, 3.05) is 18.4 Å². The third-order valence-corrected chi connectivity index (χ3v) is 7.72. The number of halogens is 1. The summed E-state index contributed by atoms with van der Waals surface area (Å²) in [5.74, 6) is 0.186. The standard InChI is InChI=1S/C31H31FN4O2/c1-18-27(34-19(2)28(18)31(38)36-13-5-8-23(36)17-33-16-20-11-12-20)15-25-29-24(21-6-3-7-22(32)14-21)9-4-10-26(29)35-30(25)37/h3-4,6-7,9-10,14-15,17,20,33-34H,5,8,11-13,16H2,1-2H3,(H,35,37)/b23-17+,25-15-. The van der Waals surface area contributed by atoms with Gasteiger partial charge in [0.15, 0.2) is 0 Å². The van der Waals surface area contributed by atoms with Crippen LogP contribution in [0.25, 0.3) is 22.8 Å². The molecular formula is C31H31FN4O2. The summed E-state index contributed by atoms with van der Waals surface area (Å²) in [4.78, 5) is 32.0. The molecule has 38 heavy (non-hydrogen) atoms. The van der Waals surface area contributed by atoms with Gasteiger partial charge in [0, 0.05) is 47.6 Å². The van der Waals surface area contributed by atoms with E-state index in [-0.39, 0.29) is 17.6 Å². The molecule has 3 heterocycles. The Morgan fingerprint density at radius 2 is 2.00 bits per heavy atom. The van der Waals surface area contributed by atoms with Gasteiger partial charge in [-0.05, 0) is 86.4 Å². The summed E-state index contributed by atoms with van der Waals surface area (Å²) < 4.78 is 14.0. The van der Waals surface area contributed by atoms with Crippen LogP contribution in [0, 0.1) is 25.6 Å². The molecule has 2 fully saturated rings. The van der Waals surface area contributed by atoms with Crippen LogP contribution in [0.1, 0.15) is 58.6 Å². The van der Waals surface area contributed by atoms with Crippen molar-refractivity contribution >= 4 is 29.2 Å². The van der Waals surface area contributed by atoms with Gasteiger partial charge in [-0.3, -0.25) is 9.59 Å². The van der Waals surface area contributed by atoms with Crippen molar-refractivity contribution in [2.24, 2.45) is 5.92 Å². The molecule has 1 saturated heterocycles. The quantitative estimate of drug-likeness (QED) is 0.356. The Labute approximate surface area is 221 Å². The number of allylic oxidation sites excluding steroid dienone is 1. The van der Waals surface area contributed by atoms with Gasteiger partial charge in [0.2, 0.25) is 0 Å². The fourth-order valence-electron chi connectivity index (χ4n) is 5.55. The van der Waals surface area contributed by atoms with Crippen LogP contribution < -0.4 is 10.6 Å². The average Bonchev–Trinajstić information content (AvgIpc) is 3.39. The minimum atomic E-state index is -0.333. The molecule has 7 heteroatoms. The number of aryl methyl sites for hydroxylation is 1. The van der Waals surface area contributed by atoms with Crippen molar-refractivity contribution in [2.45, 2.75) is 39.5 Å². The number of anilines is 1. The maximum Gasteiger partial charge on any atom is 0.260 e. The minimum absolute atomic E-state index is 0.0189. The topological polar surface area (TPSA) is 77.2 Å². The first kappa shape index (κ1) is 24.2. The van der Waals surface area contributed by atoms with E-state index in [0.29, 0.717) is 28.9 Å². The molecule has 0 radical (unpaired) electrons. The molecular weight excluding hydrogens is 479 g/mol. The molecule has 1 aliphatic carbocycles. The number of carbonyl (C=O) groups excluding carboxylic acids is 2. The maximum atomic E-state index is 14.0. The molecule has 0 unspecified atom stereocenters. The normalized spacial score (nSPS) is 18.8. The lowest BCUT2D eigenvalue weighted by molar-refractivity contribution is -0.110. The van der Waals surface area contributed by atoms with Crippen LogP contribution in [0.3, 0.4) is 0 Å². The highest BCUT2D eigenvalue weighted by molar-refractivity contribution is 6.36. The van der Waals surface area contributed by atoms with E-state index in [1.54, 1.807) is 12.1 Å². The van der Waals surface area contributed by atoms with E-state index in [0.717, 1.165) is 59.1 Å². The molecule has 0 bridgehead atoms. The summed E-state index contributed by atoms with van der Waals surface area (Å²) in [6.07, 6.45) is 8.21. The fourth-order valence-corrected chi connectivity index (χ4v) is 5.55. The zero-order valence-corrected chi connectivity index (χ0v) is 21.7. The van der Waals surface area contributed by atoms with Crippen LogP contribution >= 0.6 is 0 Å². The number of nitrogens with one attached hydrogen (secondary N) is 3. The van der Waals surface area contributed by atoms with Crippen molar-refractivity contribution in [3.8, 4) is 11.1 Å². The van der Waals surface area contributed by atoms with Crippen LogP contribution in [0.5, 0.6) is 0 Å². The third kappa shape index (κ3) is 4.42. The van der Waals surface area contributed by atoms with Gasteiger partial charge in [0.05, 0.1) is 11.1 Å². The van der Waals surface area contributed by atoms with E-state index in [1.807, 2.05) is 49.2 Å². The predicted octanol–water partition coefficient (Wildman–Crippen LogP) is 6.01. The maximum absolute atomic E-state index is 14.0. The van der Waals surface area contributed by atoms with E-state index in [1.165, 1.54) is 25.0 Å². The molecule has 6 nitrogen and oxygen atoms in total. The lowest BCUT2D eigenvalue weighted by atomic mass is 9.94.